The van der Waals surface area contributed by atoms with Crippen molar-refractivity contribution < 1.29 is 13.2 Å². The number of halogens is 1. The summed E-state index contributed by atoms with van der Waals surface area (Å²) in [6.07, 6.45) is 1.65. The first-order valence-electron chi connectivity index (χ1n) is 10.6. The van der Waals surface area contributed by atoms with Crippen LogP contribution < -0.4 is 5.32 Å². The minimum Gasteiger partial charge on any atom is -0.341 e. The molecule has 4 rings (SSSR count). The standard InChI is InChI=1S/C25H25ClN2O3S/c1-18-9-11-20(12-10-18)24(19-7-3-2-4-8-19)27-25(29)21-13-14-22(26)23(17-21)32(30,31)28-15-5-6-16-28/h2-4,7-14,17,24H,5-6,15-16H2,1H3,(H,27,29)/t24-/m0/s1. The van der Waals surface area contributed by atoms with Gasteiger partial charge in [0, 0.05) is 18.7 Å². The van der Waals surface area contributed by atoms with Crippen LogP contribution in [0, 0.1) is 6.92 Å². The van der Waals surface area contributed by atoms with Crippen molar-refractivity contribution >= 4 is 27.5 Å². The van der Waals surface area contributed by atoms with Crippen LogP contribution in [-0.2, 0) is 10.0 Å². The summed E-state index contributed by atoms with van der Waals surface area (Å²) in [7, 11) is -3.74. The van der Waals surface area contributed by atoms with Gasteiger partial charge in [-0.2, -0.15) is 4.31 Å². The maximum atomic E-state index is 13.2. The third kappa shape index (κ3) is 4.72. The largest absolute Gasteiger partial charge is 0.341 e. The molecule has 1 saturated heterocycles. The van der Waals surface area contributed by atoms with E-state index < -0.39 is 10.0 Å². The lowest BCUT2D eigenvalue weighted by Crippen LogP contribution is -2.30. The molecule has 7 heteroatoms. The Morgan fingerprint density at radius 2 is 1.56 bits per heavy atom. The minimum absolute atomic E-state index is 0.0275. The van der Waals surface area contributed by atoms with Crippen molar-refractivity contribution in [1.29, 1.82) is 0 Å². The zero-order valence-corrected chi connectivity index (χ0v) is 19.4. The Hall–Kier alpha value is -2.67. The highest BCUT2D eigenvalue weighted by Gasteiger charge is 2.30. The molecule has 0 bridgehead atoms. The SMILES string of the molecule is Cc1ccc([C@@H](NC(=O)c2ccc(Cl)c(S(=O)(=O)N3CCCC3)c2)c2ccccc2)cc1. The maximum absolute atomic E-state index is 13.2. The molecule has 0 spiro atoms. The number of amides is 1. The molecule has 1 fully saturated rings. The van der Waals surface area contributed by atoms with E-state index in [4.69, 9.17) is 11.6 Å². The van der Waals surface area contributed by atoms with Gasteiger partial charge in [0.05, 0.1) is 11.1 Å². The quantitative estimate of drug-likeness (QED) is 0.556. The normalized spacial score (nSPS) is 15.4. The van der Waals surface area contributed by atoms with Crippen molar-refractivity contribution in [3.63, 3.8) is 0 Å². The first kappa shape index (κ1) is 22.5. The second-order valence-electron chi connectivity index (χ2n) is 7.98. The van der Waals surface area contributed by atoms with Gasteiger partial charge in [-0.15, -0.1) is 0 Å². The van der Waals surface area contributed by atoms with Gasteiger partial charge in [0.1, 0.15) is 4.90 Å². The van der Waals surface area contributed by atoms with Crippen LogP contribution in [0.4, 0.5) is 0 Å². The number of aryl methyl sites for hydroxylation is 1. The molecule has 1 aliphatic rings. The van der Waals surface area contributed by atoms with E-state index in [0.29, 0.717) is 13.1 Å². The molecule has 3 aromatic carbocycles. The Kier molecular flexibility index (Phi) is 6.65. The molecular weight excluding hydrogens is 444 g/mol. The van der Waals surface area contributed by atoms with Crippen molar-refractivity contribution in [3.8, 4) is 0 Å². The topological polar surface area (TPSA) is 66.5 Å². The first-order chi connectivity index (χ1) is 15.4. The number of hydrogen-bond donors (Lipinski definition) is 1. The fourth-order valence-electron chi connectivity index (χ4n) is 3.89. The molecule has 1 amide bonds. The lowest BCUT2D eigenvalue weighted by Gasteiger charge is -2.21. The molecule has 0 aliphatic carbocycles. The van der Waals surface area contributed by atoms with Gasteiger partial charge in [-0.25, -0.2) is 8.42 Å². The van der Waals surface area contributed by atoms with Crippen molar-refractivity contribution in [2.75, 3.05) is 13.1 Å². The molecule has 0 aromatic heterocycles. The second kappa shape index (κ2) is 9.45. The number of rotatable bonds is 6. The summed E-state index contributed by atoms with van der Waals surface area (Å²) in [5.74, 6) is -0.367. The number of carbonyl (C=O) groups excluding carboxylic acids is 1. The third-order valence-corrected chi connectivity index (χ3v) is 8.08. The Morgan fingerprint density at radius 1 is 0.938 bits per heavy atom. The second-order valence-corrected chi connectivity index (χ2v) is 10.3. The average molecular weight is 469 g/mol. The highest BCUT2D eigenvalue weighted by Crippen LogP contribution is 2.29. The predicted molar refractivity (Wildman–Crippen MR) is 126 cm³/mol. The van der Waals surface area contributed by atoms with Crippen molar-refractivity contribution in [3.05, 3.63) is 100 Å². The van der Waals surface area contributed by atoms with Gasteiger partial charge < -0.3 is 5.32 Å². The lowest BCUT2D eigenvalue weighted by molar-refractivity contribution is 0.0942. The molecule has 0 radical (unpaired) electrons. The van der Waals surface area contributed by atoms with E-state index in [9.17, 15) is 13.2 Å². The van der Waals surface area contributed by atoms with Crippen molar-refractivity contribution in [1.82, 2.24) is 9.62 Å². The van der Waals surface area contributed by atoms with Gasteiger partial charge in [0.15, 0.2) is 0 Å². The summed E-state index contributed by atoms with van der Waals surface area (Å²) in [5.41, 5.74) is 3.25. The molecule has 1 heterocycles. The number of nitrogens with one attached hydrogen (secondary N) is 1. The van der Waals surface area contributed by atoms with Crippen molar-refractivity contribution in [2.45, 2.75) is 30.7 Å². The predicted octanol–water partition coefficient (Wildman–Crippen LogP) is 4.95. The highest BCUT2D eigenvalue weighted by molar-refractivity contribution is 7.89. The average Bonchev–Trinajstić information content (AvgIpc) is 3.35. The van der Waals surface area contributed by atoms with Crippen LogP contribution in [0.5, 0.6) is 0 Å². The fraction of sp³-hybridized carbons (Fsp3) is 0.240. The number of sulfonamides is 1. The fourth-order valence-corrected chi connectivity index (χ4v) is 5.91. The Balaban J connectivity index is 1.66. The van der Waals surface area contributed by atoms with E-state index in [1.54, 1.807) is 6.07 Å². The molecule has 5 nitrogen and oxygen atoms in total. The van der Waals surface area contributed by atoms with Crippen LogP contribution in [0.2, 0.25) is 5.02 Å². The first-order valence-corrected chi connectivity index (χ1v) is 12.4. The highest BCUT2D eigenvalue weighted by atomic mass is 35.5. The summed E-state index contributed by atoms with van der Waals surface area (Å²) >= 11 is 6.24. The van der Waals surface area contributed by atoms with E-state index in [1.807, 2.05) is 61.5 Å². The van der Waals surface area contributed by atoms with Crippen molar-refractivity contribution in [2.24, 2.45) is 0 Å². The van der Waals surface area contributed by atoms with E-state index in [-0.39, 0.29) is 27.4 Å². The molecule has 166 valence electrons. The van der Waals surface area contributed by atoms with Crippen LogP contribution >= 0.6 is 11.6 Å². The number of carbonyl (C=O) groups is 1. The summed E-state index contributed by atoms with van der Waals surface area (Å²) in [4.78, 5) is 13.2. The smallest absolute Gasteiger partial charge is 0.252 e. The Bertz CT molecular complexity index is 1210. The van der Waals surface area contributed by atoms with Crippen LogP contribution in [0.25, 0.3) is 0 Å². The molecule has 0 saturated carbocycles. The summed E-state index contributed by atoms with van der Waals surface area (Å²) in [6.45, 7) is 2.95. The van der Waals surface area contributed by atoms with Crippen LogP contribution in [0.1, 0.15) is 45.9 Å². The summed E-state index contributed by atoms with van der Waals surface area (Å²) in [6, 6.07) is 21.7. The maximum Gasteiger partial charge on any atom is 0.252 e. The number of nitrogens with zero attached hydrogens (tertiary/aromatic N) is 1. The van der Waals surface area contributed by atoms with Gasteiger partial charge in [-0.1, -0.05) is 71.8 Å². The monoisotopic (exact) mass is 468 g/mol. The van der Waals surface area contributed by atoms with E-state index in [2.05, 4.69) is 5.32 Å². The van der Waals surface area contributed by atoms with Gasteiger partial charge >= 0.3 is 0 Å². The summed E-state index contributed by atoms with van der Waals surface area (Å²) in [5, 5.41) is 3.18. The van der Waals surface area contributed by atoms with E-state index >= 15 is 0 Å². The minimum atomic E-state index is -3.74. The van der Waals surface area contributed by atoms with Crippen LogP contribution in [0.3, 0.4) is 0 Å². The Labute approximate surface area is 194 Å². The van der Waals surface area contributed by atoms with E-state index in [1.165, 1.54) is 16.4 Å². The molecular formula is C25H25ClN2O3S. The molecule has 1 aliphatic heterocycles. The van der Waals surface area contributed by atoms with Crippen LogP contribution in [0.15, 0.2) is 77.7 Å². The van der Waals surface area contributed by atoms with Gasteiger partial charge in [-0.05, 0) is 49.1 Å². The van der Waals surface area contributed by atoms with Crippen LogP contribution in [-0.4, -0.2) is 31.7 Å². The molecule has 0 unspecified atom stereocenters. The van der Waals surface area contributed by atoms with Gasteiger partial charge in [0.25, 0.3) is 5.91 Å². The molecule has 3 aromatic rings. The summed E-state index contributed by atoms with van der Waals surface area (Å²) < 4.78 is 27.5. The van der Waals surface area contributed by atoms with Gasteiger partial charge in [0.2, 0.25) is 10.0 Å². The zero-order valence-electron chi connectivity index (χ0n) is 17.8. The molecule has 1 N–H and O–H groups in total. The van der Waals surface area contributed by atoms with E-state index in [0.717, 1.165) is 29.5 Å². The molecule has 32 heavy (non-hydrogen) atoms. The van der Waals surface area contributed by atoms with Gasteiger partial charge in [-0.3, -0.25) is 4.79 Å². The number of hydrogen-bond acceptors (Lipinski definition) is 3. The Morgan fingerprint density at radius 3 is 2.22 bits per heavy atom. The third-order valence-electron chi connectivity index (χ3n) is 5.70. The zero-order chi connectivity index (χ0) is 22.7. The number of benzene rings is 3. The lowest BCUT2D eigenvalue weighted by atomic mass is 9.97. The molecule has 1 atom stereocenters.